The number of aliphatic hydroxyl groups excluding tert-OH is 1. The minimum atomic E-state index is -1.14. The van der Waals surface area contributed by atoms with Crippen LogP contribution in [0.5, 0.6) is 0 Å². The average Bonchev–Trinajstić information content (AvgIpc) is 3.19. The van der Waals surface area contributed by atoms with Crippen LogP contribution in [0.2, 0.25) is 0 Å². The highest BCUT2D eigenvalue weighted by molar-refractivity contribution is 5.99. The molecule has 4 aromatic rings. The number of hydrogen-bond donors (Lipinski definition) is 4. The molecular formula is C43H49N3O8. The van der Waals surface area contributed by atoms with Crippen LogP contribution in [0, 0.1) is 11.8 Å². The van der Waals surface area contributed by atoms with Crippen molar-refractivity contribution in [2.24, 2.45) is 11.8 Å². The van der Waals surface area contributed by atoms with Gasteiger partial charge in [-0.25, -0.2) is 0 Å². The Balaban J connectivity index is 1.57. The lowest BCUT2D eigenvalue weighted by molar-refractivity contribution is -0.134. The van der Waals surface area contributed by atoms with Crippen LogP contribution in [0.4, 0.5) is 5.69 Å². The Labute approximate surface area is 316 Å². The Morgan fingerprint density at radius 1 is 0.685 bits per heavy atom. The van der Waals surface area contributed by atoms with Gasteiger partial charge in [0.05, 0.1) is 31.8 Å². The molecule has 0 spiro atoms. The van der Waals surface area contributed by atoms with E-state index in [9.17, 15) is 29.1 Å². The monoisotopic (exact) mass is 735 g/mol. The van der Waals surface area contributed by atoms with Gasteiger partial charge in [-0.05, 0) is 41.3 Å². The molecule has 0 saturated heterocycles. The smallest absolute Gasteiger partial charge is 0.228 e. The van der Waals surface area contributed by atoms with Crippen molar-refractivity contribution < 1.29 is 38.6 Å². The summed E-state index contributed by atoms with van der Waals surface area (Å²) in [6.45, 7) is 3.36. The fraction of sp³-hybridized carbons (Fsp3) is 0.326. The van der Waals surface area contributed by atoms with Crippen molar-refractivity contribution >= 4 is 35.0 Å². The normalized spacial score (nSPS) is 12.9. The van der Waals surface area contributed by atoms with Crippen LogP contribution in [0.25, 0.3) is 0 Å². The predicted octanol–water partition coefficient (Wildman–Crippen LogP) is 4.95. The molecular weight excluding hydrogens is 686 g/mol. The van der Waals surface area contributed by atoms with Crippen LogP contribution in [0.15, 0.2) is 115 Å². The number of ether oxygens (including phenoxy) is 2. The highest BCUT2D eigenvalue weighted by Crippen LogP contribution is 2.37. The standard InChI is InChI=1S/C43H49N3O8/c1-30(25-38(48)29-54-24-23-53-3)41(51)44-31(2)39(49)26-33(42(52)45-37-21-19-32(28-47)20-22-37)27-40(50)46-43(34-13-7-4-8-14-34,35-15-9-5-10-16-35)36-17-11-6-12-18-36/h4-22,30-31,33,47H,23-29H2,1-3H3,(H,44,51)(H,45,52)(H,46,50)/t30-,31+,33+/m1/s1. The van der Waals surface area contributed by atoms with Gasteiger partial charge in [-0.15, -0.1) is 0 Å². The Morgan fingerprint density at radius 2 is 1.22 bits per heavy atom. The van der Waals surface area contributed by atoms with Gasteiger partial charge in [0.1, 0.15) is 12.1 Å². The SMILES string of the molecule is COCCOCC(=O)C[C@@H](C)C(=O)N[C@@H](C)C(=O)C[C@@H](CC(=O)NC(c1ccccc1)(c1ccccc1)c1ccccc1)C(=O)Nc1ccc(CO)cc1. The lowest BCUT2D eigenvalue weighted by Crippen LogP contribution is -2.49. The van der Waals surface area contributed by atoms with Crippen molar-refractivity contribution in [2.75, 3.05) is 32.2 Å². The molecule has 0 heterocycles. The molecule has 0 fully saturated rings. The summed E-state index contributed by atoms with van der Waals surface area (Å²) >= 11 is 0. The number of benzene rings is 4. The summed E-state index contributed by atoms with van der Waals surface area (Å²) in [7, 11) is 1.52. The molecule has 11 nitrogen and oxygen atoms in total. The van der Waals surface area contributed by atoms with E-state index in [4.69, 9.17) is 9.47 Å². The minimum Gasteiger partial charge on any atom is -0.392 e. The van der Waals surface area contributed by atoms with E-state index < -0.39 is 46.9 Å². The zero-order valence-corrected chi connectivity index (χ0v) is 31.0. The maximum atomic E-state index is 14.3. The van der Waals surface area contributed by atoms with Crippen molar-refractivity contribution in [3.63, 3.8) is 0 Å². The van der Waals surface area contributed by atoms with Crippen LogP contribution in [0.3, 0.4) is 0 Å². The first kappa shape index (κ1) is 41.3. The quantitative estimate of drug-likeness (QED) is 0.0691. The summed E-state index contributed by atoms with van der Waals surface area (Å²) in [4.78, 5) is 67.1. The lowest BCUT2D eigenvalue weighted by Gasteiger charge is -2.37. The van der Waals surface area contributed by atoms with Crippen molar-refractivity contribution in [1.82, 2.24) is 10.6 Å². The number of carbonyl (C=O) groups is 5. The number of nitrogens with one attached hydrogen (secondary N) is 3. The van der Waals surface area contributed by atoms with Gasteiger partial charge in [-0.3, -0.25) is 24.0 Å². The third-order valence-corrected chi connectivity index (χ3v) is 9.12. The Hall–Kier alpha value is -5.49. The molecule has 0 radical (unpaired) electrons. The summed E-state index contributed by atoms with van der Waals surface area (Å²) in [6, 6.07) is 34.2. The Kier molecular flexibility index (Phi) is 15.8. The largest absolute Gasteiger partial charge is 0.392 e. The molecule has 4 aromatic carbocycles. The van der Waals surface area contributed by atoms with Crippen molar-refractivity contribution in [1.29, 1.82) is 0 Å². The molecule has 0 aliphatic heterocycles. The maximum absolute atomic E-state index is 14.3. The lowest BCUT2D eigenvalue weighted by atomic mass is 9.76. The first-order chi connectivity index (χ1) is 26.1. The van der Waals surface area contributed by atoms with E-state index in [1.165, 1.54) is 14.0 Å². The van der Waals surface area contributed by atoms with Crippen LogP contribution in [-0.4, -0.2) is 67.4 Å². The molecule has 0 aromatic heterocycles. The van der Waals surface area contributed by atoms with E-state index >= 15 is 0 Å². The third kappa shape index (κ3) is 11.5. The van der Waals surface area contributed by atoms with Crippen molar-refractivity contribution in [3.8, 4) is 0 Å². The van der Waals surface area contributed by atoms with E-state index in [0.717, 1.165) is 16.7 Å². The average molecular weight is 736 g/mol. The summed E-state index contributed by atoms with van der Waals surface area (Å²) in [6.07, 6.45) is -0.785. The number of ketones is 2. The van der Waals surface area contributed by atoms with Crippen LogP contribution in [0.1, 0.15) is 55.4 Å². The van der Waals surface area contributed by atoms with Crippen molar-refractivity contribution in [2.45, 2.75) is 51.3 Å². The second kappa shape index (κ2) is 20.7. The van der Waals surface area contributed by atoms with E-state index in [0.29, 0.717) is 17.9 Å². The van der Waals surface area contributed by atoms with E-state index in [1.54, 1.807) is 31.2 Å². The molecule has 0 saturated carbocycles. The number of amides is 3. The number of rotatable bonds is 21. The predicted molar refractivity (Wildman–Crippen MR) is 205 cm³/mol. The fourth-order valence-corrected chi connectivity index (χ4v) is 6.14. The first-order valence-electron chi connectivity index (χ1n) is 18.0. The molecule has 0 unspecified atom stereocenters. The Bertz CT molecular complexity index is 1720. The summed E-state index contributed by atoms with van der Waals surface area (Å²) < 4.78 is 10.1. The molecule has 11 heteroatoms. The summed E-state index contributed by atoms with van der Waals surface area (Å²) in [5, 5.41) is 18.2. The van der Waals surface area contributed by atoms with Crippen LogP contribution in [-0.2, 0) is 45.6 Å². The molecule has 284 valence electrons. The second-order valence-corrected chi connectivity index (χ2v) is 13.2. The minimum absolute atomic E-state index is 0.0774. The first-order valence-corrected chi connectivity index (χ1v) is 18.0. The van der Waals surface area contributed by atoms with Gasteiger partial charge >= 0.3 is 0 Å². The molecule has 0 bridgehead atoms. The van der Waals surface area contributed by atoms with Gasteiger partial charge < -0.3 is 30.5 Å². The second-order valence-electron chi connectivity index (χ2n) is 13.2. The van der Waals surface area contributed by atoms with Crippen LogP contribution >= 0.6 is 0 Å². The van der Waals surface area contributed by atoms with Gasteiger partial charge in [0.15, 0.2) is 11.6 Å². The summed E-state index contributed by atoms with van der Waals surface area (Å²) in [5.41, 5.74) is 2.31. The molecule has 54 heavy (non-hydrogen) atoms. The summed E-state index contributed by atoms with van der Waals surface area (Å²) in [5.74, 6) is -4.13. The van der Waals surface area contributed by atoms with Gasteiger partial charge in [0.2, 0.25) is 17.7 Å². The molecule has 3 atom stereocenters. The third-order valence-electron chi connectivity index (χ3n) is 9.12. The maximum Gasteiger partial charge on any atom is 0.228 e. The Morgan fingerprint density at radius 3 is 1.72 bits per heavy atom. The molecule has 4 N–H and O–H groups in total. The number of aliphatic hydroxyl groups is 1. The highest BCUT2D eigenvalue weighted by atomic mass is 16.5. The highest BCUT2D eigenvalue weighted by Gasteiger charge is 2.39. The molecule has 3 amide bonds. The van der Waals surface area contributed by atoms with Crippen LogP contribution < -0.4 is 16.0 Å². The number of carbonyl (C=O) groups excluding carboxylic acids is 5. The molecule has 4 rings (SSSR count). The number of methoxy groups -OCH3 is 1. The topological polar surface area (TPSA) is 160 Å². The zero-order valence-electron chi connectivity index (χ0n) is 31.0. The number of hydrogen-bond acceptors (Lipinski definition) is 8. The molecule has 0 aliphatic rings. The van der Waals surface area contributed by atoms with E-state index in [1.807, 2.05) is 91.0 Å². The zero-order chi connectivity index (χ0) is 38.9. The number of Topliss-reactive ketones (excluding diaryl/α,β-unsaturated/α-hetero) is 2. The number of anilines is 1. The van der Waals surface area contributed by atoms with Crippen molar-refractivity contribution in [3.05, 3.63) is 138 Å². The fourth-order valence-electron chi connectivity index (χ4n) is 6.14. The van der Waals surface area contributed by atoms with Gasteiger partial charge in [-0.2, -0.15) is 0 Å². The van der Waals surface area contributed by atoms with Gasteiger partial charge in [-0.1, -0.05) is 110 Å². The molecule has 0 aliphatic carbocycles. The van der Waals surface area contributed by atoms with Gasteiger partial charge in [0, 0.05) is 38.0 Å². The van der Waals surface area contributed by atoms with E-state index in [-0.39, 0.29) is 44.9 Å². The van der Waals surface area contributed by atoms with E-state index in [2.05, 4.69) is 16.0 Å². The van der Waals surface area contributed by atoms with Gasteiger partial charge in [0.25, 0.3) is 0 Å².